The first kappa shape index (κ1) is 16.7. The number of aryl methyl sites for hydroxylation is 1. The maximum atomic E-state index is 11.6. The molecule has 1 aromatic carbocycles. The van der Waals surface area contributed by atoms with Crippen LogP contribution < -0.4 is 10.2 Å². The van der Waals surface area contributed by atoms with Gasteiger partial charge in [0, 0.05) is 10.2 Å². The monoisotopic (exact) mass is 340 g/mol. The van der Waals surface area contributed by atoms with E-state index in [9.17, 15) is 4.79 Å². The van der Waals surface area contributed by atoms with Crippen LogP contribution in [0.2, 0.25) is 0 Å². The van der Waals surface area contributed by atoms with E-state index in [0.29, 0.717) is 5.75 Å². The lowest BCUT2D eigenvalue weighted by Gasteiger charge is -2.08. The van der Waals surface area contributed by atoms with Gasteiger partial charge in [0.05, 0.1) is 0 Å². The van der Waals surface area contributed by atoms with E-state index >= 15 is 0 Å². The number of carbonyl (C=O) groups is 1. The predicted molar refractivity (Wildman–Crippen MR) is 85.2 cm³/mol. The molecule has 5 heteroatoms. The lowest BCUT2D eigenvalue weighted by molar-refractivity contribution is -0.123. The van der Waals surface area contributed by atoms with Crippen LogP contribution in [-0.4, -0.2) is 18.2 Å². The fourth-order valence-corrected chi connectivity index (χ4v) is 2.07. The number of hydrogen-bond donors (Lipinski definition) is 1. The van der Waals surface area contributed by atoms with Gasteiger partial charge in [-0.25, -0.2) is 5.43 Å². The Labute approximate surface area is 128 Å². The SMILES string of the molecule is CCCCC(C)=NNC(=O)COc1ccc(Br)cc1C. The van der Waals surface area contributed by atoms with Gasteiger partial charge in [0.25, 0.3) is 5.91 Å². The summed E-state index contributed by atoms with van der Waals surface area (Å²) in [6, 6.07) is 5.66. The third-order valence-corrected chi connectivity index (χ3v) is 3.25. The maximum Gasteiger partial charge on any atom is 0.277 e. The molecule has 1 N–H and O–H groups in total. The molecule has 110 valence electrons. The second-order valence-electron chi connectivity index (χ2n) is 4.68. The van der Waals surface area contributed by atoms with Gasteiger partial charge < -0.3 is 4.74 Å². The topological polar surface area (TPSA) is 50.7 Å². The van der Waals surface area contributed by atoms with Crippen LogP contribution in [0.5, 0.6) is 5.75 Å². The number of unbranched alkanes of at least 4 members (excludes halogenated alkanes) is 1. The van der Waals surface area contributed by atoms with Crippen molar-refractivity contribution in [2.24, 2.45) is 5.10 Å². The highest BCUT2D eigenvalue weighted by molar-refractivity contribution is 9.10. The van der Waals surface area contributed by atoms with E-state index in [0.717, 1.165) is 35.0 Å². The molecule has 0 aromatic heterocycles. The fraction of sp³-hybridized carbons (Fsp3) is 0.467. The van der Waals surface area contributed by atoms with E-state index in [1.807, 2.05) is 32.0 Å². The van der Waals surface area contributed by atoms with Crippen molar-refractivity contribution in [2.45, 2.75) is 40.0 Å². The van der Waals surface area contributed by atoms with Crippen molar-refractivity contribution < 1.29 is 9.53 Å². The van der Waals surface area contributed by atoms with Gasteiger partial charge in [0.1, 0.15) is 5.75 Å². The number of rotatable bonds is 7. The highest BCUT2D eigenvalue weighted by Crippen LogP contribution is 2.21. The summed E-state index contributed by atoms with van der Waals surface area (Å²) < 4.78 is 6.45. The quantitative estimate of drug-likeness (QED) is 0.605. The Morgan fingerprint density at radius 3 is 2.85 bits per heavy atom. The van der Waals surface area contributed by atoms with Crippen LogP contribution >= 0.6 is 15.9 Å². The smallest absolute Gasteiger partial charge is 0.277 e. The van der Waals surface area contributed by atoms with Crippen molar-refractivity contribution in [2.75, 3.05) is 6.61 Å². The van der Waals surface area contributed by atoms with E-state index in [2.05, 4.69) is 33.4 Å². The van der Waals surface area contributed by atoms with Crippen LogP contribution in [0.1, 0.15) is 38.7 Å². The molecule has 1 aromatic rings. The number of ether oxygens (including phenoxy) is 1. The molecule has 0 saturated carbocycles. The highest BCUT2D eigenvalue weighted by Gasteiger charge is 2.04. The number of carbonyl (C=O) groups excluding carboxylic acids is 1. The molecule has 1 rings (SSSR count). The summed E-state index contributed by atoms with van der Waals surface area (Å²) in [5, 5.41) is 4.04. The maximum absolute atomic E-state index is 11.6. The summed E-state index contributed by atoms with van der Waals surface area (Å²) in [6.45, 7) is 5.94. The average Bonchev–Trinajstić information content (AvgIpc) is 2.41. The van der Waals surface area contributed by atoms with Gasteiger partial charge >= 0.3 is 0 Å². The summed E-state index contributed by atoms with van der Waals surface area (Å²) >= 11 is 3.39. The number of hydrogen-bond acceptors (Lipinski definition) is 3. The predicted octanol–water partition coefficient (Wildman–Crippen LogP) is 3.82. The largest absolute Gasteiger partial charge is 0.483 e. The van der Waals surface area contributed by atoms with E-state index in [1.165, 1.54) is 0 Å². The molecule has 0 aliphatic carbocycles. The lowest BCUT2D eigenvalue weighted by Crippen LogP contribution is -2.25. The molecule has 20 heavy (non-hydrogen) atoms. The number of amides is 1. The fourth-order valence-electron chi connectivity index (χ4n) is 1.60. The first-order valence-corrected chi connectivity index (χ1v) is 7.53. The molecular formula is C15H21BrN2O2. The second kappa shape index (κ2) is 8.74. The zero-order valence-corrected chi connectivity index (χ0v) is 13.8. The summed E-state index contributed by atoms with van der Waals surface area (Å²) in [4.78, 5) is 11.6. The number of nitrogens with zero attached hydrogens (tertiary/aromatic N) is 1. The molecule has 0 atom stereocenters. The van der Waals surface area contributed by atoms with Crippen molar-refractivity contribution in [3.8, 4) is 5.75 Å². The molecule has 0 saturated heterocycles. The van der Waals surface area contributed by atoms with Crippen molar-refractivity contribution in [1.29, 1.82) is 0 Å². The number of hydrazone groups is 1. The third-order valence-electron chi connectivity index (χ3n) is 2.76. The van der Waals surface area contributed by atoms with E-state index in [1.54, 1.807) is 0 Å². The Bertz CT molecular complexity index is 487. The van der Waals surface area contributed by atoms with Gasteiger partial charge in [0.2, 0.25) is 0 Å². The summed E-state index contributed by atoms with van der Waals surface area (Å²) in [5.74, 6) is 0.457. The Morgan fingerprint density at radius 2 is 2.20 bits per heavy atom. The van der Waals surface area contributed by atoms with Crippen LogP contribution in [0, 0.1) is 6.92 Å². The van der Waals surface area contributed by atoms with E-state index < -0.39 is 0 Å². The highest BCUT2D eigenvalue weighted by atomic mass is 79.9. The molecule has 0 unspecified atom stereocenters. The van der Waals surface area contributed by atoms with E-state index in [-0.39, 0.29) is 12.5 Å². The Hall–Kier alpha value is -1.36. The Kier molecular flexibility index (Phi) is 7.30. The van der Waals surface area contributed by atoms with Gasteiger partial charge in [-0.2, -0.15) is 5.10 Å². The standard InChI is InChI=1S/C15H21BrN2O2/c1-4-5-6-12(3)17-18-15(19)10-20-14-8-7-13(16)9-11(14)2/h7-9H,4-6,10H2,1-3H3,(H,18,19). The number of benzene rings is 1. The first-order valence-electron chi connectivity index (χ1n) is 6.74. The van der Waals surface area contributed by atoms with Crippen LogP contribution in [0.3, 0.4) is 0 Å². The minimum atomic E-state index is -0.247. The summed E-state index contributed by atoms with van der Waals surface area (Å²) in [7, 11) is 0. The summed E-state index contributed by atoms with van der Waals surface area (Å²) in [6.07, 6.45) is 3.11. The van der Waals surface area contributed by atoms with Gasteiger partial charge in [-0.15, -0.1) is 0 Å². The van der Waals surface area contributed by atoms with Crippen molar-refractivity contribution in [3.05, 3.63) is 28.2 Å². The van der Waals surface area contributed by atoms with Crippen LogP contribution in [0.15, 0.2) is 27.8 Å². The van der Waals surface area contributed by atoms with Gasteiger partial charge in [0.15, 0.2) is 6.61 Å². The Morgan fingerprint density at radius 1 is 1.45 bits per heavy atom. The lowest BCUT2D eigenvalue weighted by atomic mass is 10.2. The molecular weight excluding hydrogens is 320 g/mol. The van der Waals surface area contributed by atoms with Crippen molar-refractivity contribution in [1.82, 2.24) is 5.43 Å². The van der Waals surface area contributed by atoms with Crippen LogP contribution in [0.25, 0.3) is 0 Å². The molecule has 1 amide bonds. The minimum absolute atomic E-state index is 0.0347. The average molecular weight is 341 g/mol. The number of nitrogens with one attached hydrogen (secondary N) is 1. The summed E-state index contributed by atoms with van der Waals surface area (Å²) in [5.41, 5.74) is 4.42. The zero-order chi connectivity index (χ0) is 15.0. The third kappa shape index (κ3) is 6.19. The van der Waals surface area contributed by atoms with Crippen molar-refractivity contribution >= 4 is 27.5 Å². The molecule has 0 fully saturated rings. The molecule has 0 bridgehead atoms. The molecule has 0 radical (unpaired) electrons. The van der Waals surface area contributed by atoms with Crippen LogP contribution in [-0.2, 0) is 4.79 Å². The number of halogens is 1. The first-order chi connectivity index (χ1) is 9.52. The zero-order valence-electron chi connectivity index (χ0n) is 12.2. The molecule has 0 spiro atoms. The van der Waals surface area contributed by atoms with Gasteiger partial charge in [-0.05, 0) is 50.5 Å². The van der Waals surface area contributed by atoms with Gasteiger partial charge in [-0.1, -0.05) is 29.3 Å². The van der Waals surface area contributed by atoms with E-state index in [4.69, 9.17) is 4.74 Å². The van der Waals surface area contributed by atoms with Crippen LogP contribution in [0.4, 0.5) is 0 Å². The second-order valence-corrected chi connectivity index (χ2v) is 5.60. The Balaban J connectivity index is 2.39. The normalized spacial score (nSPS) is 11.3. The molecule has 4 nitrogen and oxygen atoms in total. The molecule has 0 aliphatic rings. The molecule has 0 heterocycles. The van der Waals surface area contributed by atoms with Crippen molar-refractivity contribution in [3.63, 3.8) is 0 Å². The molecule has 0 aliphatic heterocycles. The van der Waals surface area contributed by atoms with Gasteiger partial charge in [-0.3, -0.25) is 4.79 Å². The minimum Gasteiger partial charge on any atom is -0.483 e.